The highest BCUT2D eigenvalue weighted by Gasteiger charge is 2.27. The molecule has 0 atom stereocenters. The van der Waals surface area contributed by atoms with E-state index in [9.17, 15) is 0 Å². The van der Waals surface area contributed by atoms with Gasteiger partial charge in [0.05, 0.1) is 16.8 Å². The molecule has 0 aliphatic heterocycles. The standard InChI is InChI=1S/C49H32N2O2/c1-4-14-33(15-5-1)35-24-26-37(27-25-35)40-20-10-12-22-42(40)51(39-30-28-36(29-31-39)34-16-6-2-7-17-34)48-46-41-21-11-13-23-43(41)52-44(46)32-45-47(48)50-49(53-45)38-18-8-3-9-19-38/h1-32H. The molecule has 10 rings (SSSR count). The normalized spacial score (nSPS) is 11.4. The lowest BCUT2D eigenvalue weighted by molar-refractivity contribution is 0.617. The van der Waals surface area contributed by atoms with Crippen molar-refractivity contribution >= 4 is 50.1 Å². The number of benzene rings is 8. The van der Waals surface area contributed by atoms with E-state index in [1.165, 1.54) is 16.7 Å². The summed E-state index contributed by atoms with van der Waals surface area (Å²) in [6, 6.07) is 67.4. The van der Waals surface area contributed by atoms with Crippen molar-refractivity contribution in [2.45, 2.75) is 0 Å². The molecule has 2 aromatic heterocycles. The van der Waals surface area contributed by atoms with E-state index < -0.39 is 0 Å². The zero-order chi connectivity index (χ0) is 35.1. The summed E-state index contributed by atoms with van der Waals surface area (Å²) in [5, 5.41) is 1.99. The smallest absolute Gasteiger partial charge is 0.227 e. The molecule has 0 spiro atoms. The number of anilines is 3. The van der Waals surface area contributed by atoms with Gasteiger partial charge in [-0.25, -0.2) is 4.98 Å². The van der Waals surface area contributed by atoms with Crippen LogP contribution in [0.15, 0.2) is 203 Å². The Morgan fingerprint density at radius 3 is 1.60 bits per heavy atom. The molecule has 0 aliphatic rings. The van der Waals surface area contributed by atoms with Crippen molar-refractivity contribution in [1.82, 2.24) is 4.98 Å². The highest BCUT2D eigenvalue weighted by molar-refractivity contribution is 6.20. The summed E-state index contributed by atoms with van der Waals surface area (Å²) in [4.78, 5) is 7.59. The molecule has 53 heavy (non-hydrogen) atoms. The van der Waals surface area contributed by atoms with Crippen LogP contribution < -0.4 is 4.90 Å². The van der Waals surface area contributed by atoms with Gasteiger partial charge in [-0.05, 0) is 64.2 Å². The van der Waals surface area contributed by atoms with Crippen molar-refractivity contribution in [1.29, 1.82) is 0 Å². The van der Waals surface area contributed by atoms with Crippen LogP contribution in [0.25, 0.3) is 77.9 Å². The van der Waals surface area contributed by atoms with E-state index in [4.69, 9.17) is 13.8 Å². The van der Waals surface area contributed by atoms with E-state index >= 15 is 0 Å². The van der Waals surface area contributed by atoms with Crippen molar-refractivity contribution in [3.8, 4) is 44.8 Å². The number of furan rings is 1. The molecule has 0 amide bonds. The summed E-state index contributed by atoms with van der Waals surface area (Å²) in [6.45, 7) is 0. The number of hydrogen-bond acceptors (Lipinski definition) is 4. The predicted octanol–water partition coefficient (Wildman–Crippen LogP) is 13.9. The lowest BCUT2D eigenvalue weighted by Crippen LogP contribution is -2.12. The molecule has 2 heterocycles. The average molecular weight is 681 g/mol. The molecule has 0 unspecified atom stereocenters. The molecule has 0 bridgehead atoms. The molecule has 4 heteroatoms. The van der Waals surface area contributed by atoms with Crippen LogP contribution in [-0.2, 0) is 0 Å². The van der Waals surface area contributed by atoms with Gasteiger partial charge in [0.15, 0.2) is 5.58 Å². The minimum absolute atomic E-state index is 0.558. The number of fused-ring (bicyclic) bond motifs is 4. The van der Waals surface area contributed by atoms with E-state index in [2.05, 4.69) is 138 Å². The van der Waals surface area contributed by atoms with Crippen molar-refractivity contribution in [2.24, 2.45) is 0 Å². The fourth-order valence-corrected chi connectivity index (χ4v) is 7.38. The summed E-state index contributed by atoms with van der Waals surface area (Å²) in [5.74, 6) is 0.558. The third kappa shape index (κ3) is 5.45. The van der Waals surface area contributed by atoms with Gasteiger partial charge < -0.3 is 13.7 Å². The molecule has 0 saturated carbocycles. The van der Waals surface area contributed by atoms with Gasteiger partial charge in [0, 0.05) is 28.3 Å². The van der Waals surface area contributed by atoms with Crippen molar-refractivity contribution in [2.75, 3.05) is 4.90 Å². The van der Waals surface area contributed by atoms with Crippen LogP contribution in [0.1, 0.15) is 0 Å². The van der Waals surface area contributed by atoms with Crippen molar-refractivity contribution in [3.05, 3.63) is 194 Å². The van der Waals surface area contributed by atoms with Gasteiger partial charge in [-0.3, -0.25) is 0 Å². The maximum atomic E-state index is 6.57. The summed E-state index contributed by atoms with van der Waals surface area (Å²) in [6.07, 6.45) is 0. The largest absolute Gasteiger partial charge is 0.456 e. The third-order valence-corrected chi connectivity index (χ3v) is 9.92. The highest BCUT2D eigenvalue weighted by Crippen LogP contribution is 2.50. The summed E-state index contributed by atoms with van der Waals surface area (Å²) in [5.41, 5.74) is 13.6. The Bertz CT molecular complexity index is 2860. The number of nitrogens with zero attached hydrogens (tertiary/aromatic N) is 2. The average Bonchev–Trinajstić information content (AvgIpc) is 3.84. The Kier molecular flexibility index (Phi) is 7.43. The van der Waals surface area contributed by atoms with Crippen LogP contribution >= 0.6 is 0 Å². The molecular weight excluding hydrogens is 649 g/mol. The van der Waals surface area contributed by atoms with E-state index in [0.29, 0.717) is 11.5 Å². The number of hydrogen-bond donors (Lipinski definition) is 0. The number of rotatable bonds is 7. The molecule has 0 fully saturated rings. The van der Waals surface area contributed by atoms with E-state index in [1.807, 2.05) is 60.7 Å². The lowest BCUT2D eigenvalue weighted by atomic mass is 9.97. The Morgan fingerprint density at radius 2 is 0.925 bits per heavy atom. The molecule has 0 radical (unpaired) electrons. The highest BCUT2D eigenvalue weighted by atomic mass is 16.4. The quantitative estimate of drug-likeness (QED) is 0.168. The SMILES string of the molecule is c1ccc(-c2ccc(-c3ccccc3N(c3ccc(-c4ccccc4)cc3)c3c4nc(-c5ccccc5)oc4cc4oc5ccccc5c34)cc2)cc1. The second-order valence-corrected chi connectivity index (χ2v) is 13.1. The number of oxazole rings is 1. The maximum Gasteiger partial charge on any atom is 0.227 e. The van der Waals surface area contributed by atoms with E-state index in [1.54, 1.807) is 0 Å². The molecule has 4 nitrogen and oxygen atoms in total. The van der Waals surface area contributed by atoms with Crippen LogP contribution in [0.2, 0.25) is 0 Å². The van der Waals surface area contributed by atoms with Crippen LogP contribution in [0, 0.1) is 0 Å². The van der Waals surface area contributed by atoms with Gasteiger partial charge in [-0.1, -0.05) is 152 Å². The molecule has 0 N–H and O–H groups in total. The minimum atomic E-state index is 0.558. The zero-order valence-corrected chi connectivity index (χ0v) is 28.7. The maximum absolute atomic E-state index is 6.57. The Morgan fingerprint density at radius 1 is 0.396 bits per heavy atom. The molecule has 8 aromatic carbocycles. The first-order chi connectivity index (χ1) is 26.3. The van der Waals surface area contributed by atoms with Crippen LogP contribution in [-0.4, -0.2) is 4.98 Å². The molecule has 0 aliphatic carbocycles. The van der Waals surface area contributed by atoms with E-state index in [0.717, 1.165) is 66.8 Å². The second-order valence-electron chi connectivity index (χ2n) is 13.1. The predicted molar refractivity (Wildman–Crippen MR) is 218 cm³/mol. The number of aromatic nitrogens is 1. The van der Waals surface area contributed by atoms with Gasteiger partial charge in [0.2, 0.25) is 5.89 Å². The van der Waals surface area contributed by atoms with Gasteiger partial charge in [0.1, 0.15) is 16.7 Å². The fourth-order valence-electron chi connectivity index (χ4n) is 7.38. The molecular formula is C49H32N2O2. The summed E-state index contributed by atoms with van der Waals surface area (Å²) in [7, 11) is 0. The van der Waals surface area contributed by atoms with Gasteiger partial charge in [-0.2, -0.15) is 0 Å². The summed E-state index contributed by atoms with van der Waals surface area (Å²) >= 11 is 0. The number of para-hydroxylation sites is 2. The van der Waals surface area contributed by atoms with Crippen molar-refractivity contribution in [3.63, 3.8) is 0 Å². The molecule has 250 valence electrons. The monoisotopic (exact) mass is 680 g/mol. The first kappa shape index (κ1) is 30.6. The van der Waals surface area contributed by atoms with Gasteiger partial charge in [-0.15, -0.1) is 0 Å². The Hall–Kier alpha value is -7.17. The Labute approximate surface area is 306 Å². The fraction of sp³-hybridized carbons (Fsp3) is 0. The van der Waals surface area contributed by atoms with Gasteiger partial charge in [0.25, 0.3) is 0 Å². The van der Waals surface area contributed by atoms with Crippen molar-refractivity contribution < 1.29 is 8.83 Å². The van der Waals surface area contributed by atoms with Crippen LogP contribution in [0.4, 0.5) is 17.1 Å². The minimum Gasteiger partial charge on any atom is -0.456 e. The first-order valence-corrected chi connectivity index (χ1v) is 17.8. The molecule has 0 saturated heterocycles. The molecule has 10 aromatic rings. The zero-order valence-electron chi connectivity index (χ0n) is 28.7. The second kappa shape index (κ2) is 12.9. The third-order valence-electron chi connectivity index (χ3n) is 9.92. The first-order valence-electron chi connectivity index (χ1n) is 17.8. The lowest BCUT2D eigenvalue weighted by Gasteiger charge is -2.29. The van der Waals surface area contributed by atoms with Gasteiger partial charge >= 0.3 is 0 Å². The topological polar surface area (TPSA) is 42.4 Å². The van der Waals surface area contributed by atoms with E-state index in [-0.39, 0.29) is 0 Å². The van der Waals surface area contributed by atoms with Crippen LogP contribution in [0.3, 0.4) is 0 Å². The Balaban J connectivity index is 1.25. The summed E-state index contributed by atoms with van der Waals surface area (Å²) < 4.78 is 13.1. The van der Waals surface area contributed by atoms with Crippen LogP contribution in [0.5, 0.6) is 0 Å².